The Labute approximate surface area is 127 Å². The maximum Gasteiger partial charge on any atom is -0.000653 e. The molecule has 0 unspecified atom stereocenters. The monoisotopic (exact) mass is 286 g/mol. The average Bonchev–Trinajstić information content (AvgIpc) is 2.37. The largest absolute Gasteiger partial charge is 0.317 e. The zero-order valence-electron chi connectivity index (χ0n) is 14.6. The van der Waals surface area contributed by atoms with Gasteiger partial charge in [-0.15, -0.1) is 0 Å². The summed E-state index contributed by atoms with van der Waals surface area (Å²) in [5, 5.41) is 3.50. The molecule has 0 radical (unpaired) electrons. The van der Waals surface area contributed by atoms with E-state index in [4.69, 9.17) is 0 Å². The Balaban J connectivity index is 3.79. The van der Waals surface area contributed by atoms with Crippen LogP contribution in [0.2, 0.25) is 0 Å². The standard InChI is InChI=1S/C16H38N4/c1-6-10-17-11-7-14-20(15-8-12-18(2)3)16-9-13-19(4)5/h17H,6-16H2,1-5H3. The van der Waals surface area contributed by atoms with Crippen LogP contribution < -0.4 is 5.32 Å². The van der Waals surface area contributed by atoms with Crippen molar-refractivity contribution in [2.24, 2.45) is 0 Å². The van der Waals surface area contributed by atoms with Crippen molar-refractivity contribution in [3.8, 4) is 0 Å². The van der Waals surface area contributed by atoms with E-state index < -0.39 is 0 Å². The average molecular weight is 287 g/mol. The lowest BCUT2D eigenvalue weighted by atomic mass is 10.3. The third-order valence-corrected chi connectivity index (χ3v) is 3.41. The van der Waals surface area contributed by atoms with E-state index in [1.807, 2.05) is 0 Å². The van der Waals surface area contributed by atoms with E-state index >= 15 is 0 Å². The van der Waals surface area contributed by atoms with Gasteiger partial charge < -0.3 is 20.0 Å². The highest BCUT2D eigenvalue weighted by molar-refractivity contribution is 4.62. The highest BCUT2D eigenvalue weighted by atomic mass is 15.1. The van der Waals surface area contributed by atoms with Gasteiger partial charge in [-0.3, -0.25) is 0 Å². The Morgan fingerprint density at radius 1 is 0.650 bits per heavy atom. The lowest BCUT2D eigenvalue weighted by Gasteiger charge is -2.24. The molecule has 0 spiro atoms. The van der Waals surface area contributed by atoms with Gasteiger partial charge in [-0.2, -0.15) is 0 Å². The fourth-order valence-corrected chi connectivity index (χ4v) is 2.29. The first-order valence-electron chi connectivity index (χ1n) is 8.28. The Morgan fingerprint density at radius 3 is 1.60 bits per heavy atom. The molecule has 0 aliphatic heterocycles. The van der Waals surface area contributed by atoms with E-state index in [0.29, 0.717) is 0 Å². The summed E-state index contributed by atoms with van der Waals surface area (Å²) in [6.45, 7) is 10.6. The molecule has 0 aromatic heterocycles. The lowest BCUT2D eigenvalue weighted by Crippen LogP contribution is -2.32. The summed E-state index contributed by atoms with van der Waals surface area (Å²) >= 11 is 0. The van der Waals surface area contributed by atoms with Crippen molar-refractivity contribution in [1.29, 1.82) is 0 Å². The lowest BCUT2D eigenvalue weighted by molar-refractivity contribution is 0.238. The molecule has 0 rings (SSSR count). The molecule has 0 fully saturated rings. The van der Waals surface area contributed by atoms with E-state index in [1.165, 1.54) is 58.4 Å². The van der Waals surface area contributed by atoms with E-state index in [-0.39, 0.29) is 0 Å². The summed E-state index contributed by atoms with van der Waals surface area (Å²) in [7, 11) is 8.63. The van der Waals surface area contributed by atoms with E-state index in [0.717, 1.165) is 13.1 Å². The van der Waals surface area contributed by atoms with E-state index in [2.05, 4.69) is 55.1 Å². The van der Waals surface area contributed by atoms with Crippen molar-refractivity contribution in [3.05, 3.63) is 0 Å². The number of nitrogens with zero attached hydrogens (tertiary/aromatic N) is 3. The summed E-state index contributed by atoms with van der Waals surface area (Å²) in [5.41, 5.74) is 0. The van der Waals surface area contributed by atoms with E-state index in [9.17, 15) is 0 Å². The second kappa shape index (κ2) is 13.8. The molecule has 1 N–H and O–H groups in total. The Hall–Kier alpha value is -0.160. The summed E-state index contributed by atoms with van der Waals surface area (Å²) in [6.07, 6.45) is 5.05. The fraction of sp³-hybridized carbons (Fsp3) is 1.00. The molecule has 4 heteroatoms. The van der Waals surface area contributed by atoms with Crippen molar-refractivity contribution in [2.75, 3.05) is 74.0 Å². The third-order valence-electron chi connectivity index (χ3n) is 3.41. The quantitative estimate of drug-likeness (QED) is 0.489. The summed E-state index contributed by atoms with van der Waals surface area (Å²) < 4.78 is 0. The topological polar surface area (TPSA) is 21.8 Å². The summed E-state index contributed by atoms with van der Waals surface area (Å²) in [5.74, 6) is 0. The Morgan fingerprint density at radius 2 is 1.15 bits per heavy atom. The molecule has 0 saturated carbocycles. The molecule has 0 atom stereocenters. The maximum absolute atomic E-state index is 3.50. The van der Waals surface area contributed by atoms with Gasteiger partial charge in [0.1, 0.15) is 0 Å². The minimum Gasteiger partial charge on any atom is -0.317 e. The summed E-state index contributed by atoms with van der Waals surface area (Å²) in [4.78, 5) is 7.20. The molecular weight excluding hydrogens is 248 g/mol. The number of hydrogen-bond donors (Lipinski definition) is 1. The van der Waals surface area contributed by atoms with Gasteiger partial charge in [0.15, 0.2) is 0 Å². The minimum atomic E-state index is 1.15. The van der Waals surface area contributed by atoms with Gasteiger partial charge in [0.05, 0.1) is 0 Å². The van der Waals surface area contributed by atoms with Crippen molar-refractivity contribution >= 4 is 0 Å². The number of rotatable bonds is 14. The molecule has 0 aliphatic rings. The van der Waals surface area contributed by atoms with Gasteiger partial charge in [-0.1, -0.05) is 6.92 Å². The molecule has 4 nitrogen and oxygen atoms in total. The second-order valence-corrected chi connectivity index (χ2v) is 6.26. The van der Waals surface area contributed by atoms with Crippen LogP contribution in [-0.2, 0) is 0 Å². The summed E-state index contributed by atoms with van der Waals surface area (Å²) in [6, 6.07) is 0. The zero-order valence-corrected chi connectivity index (χ0v) is 14.6. The van der Waals surface area contributed by atoms with Crippen molar-refractivity contribution in [2.45, 2.75) is 32.6 Å². The first kappa shape index (κ1) is 19.8. The van der Waals surface area contributed by atoms with Crippen LogP contribution in [0.15, 0.2) is 0 Å². The van der Waals surface area contributed by atoms with E-state index in [1.54, 1.807) is 0 Å². The van der Waals surface area contributed by atoms with Crippen LogP contribution in [0.5, 0.6) is 0 Å². The Bertz CT molecular complexity index is 181. The van der Waals surface area contributed by atoms with Crippen LogP contribution >= 0.6 is 0 Å². The van der Waals surface area contributed by atoms with Crippen molar-refractivity contribution < 1.29 is 0 Å². The van der Waals surface area contributed by atoms with Gasteiger partial charge >= 0.3 is 0 Å². The van der Waals surface area contributed by atoms with Crippen LogP contribution in [0.4, 0.5) is 0 Å². The molecule has 0 aromatic rings. The van der Waals surface area contributed by atoms with Gasteiger partial charge in [0.25, 0.3) is 0 Å². The molecule has 122 valence electrons. The maximum atomic E-state index is 3.50. The van der Waals surface area contributed by atoms with Crippen LogP contribution in [-0.4, -0.2) is 88.7 Å². The van der Waals surface area contributed by atoms with Gasteiger partial charge in [0.2, 0.25) is 0 Å². The Kier molecular flexibility index (Phi) is 13.7. The molecule has 0 aromatic carbocycles. The highest BCUT2D eigenvalue weighted by Crippen LogP contribution is 1.98. The molecule has 0 heterocycles. The van der Waals surface area contributed by atoms with Crippen LogP contribution in [0, 0.1) is 0 Å². The molecule has 0 amide bonds. The van der Waals surface area contributed by atoms with Crippen LogP contribution in [0.25, 0.3) is 0 Å². The smallest absolute Gasteiger partial charge is 0.000653 e. The first-order chi connectivity index (χ1) is 9.56. The minimum absolute atomic E-state index is 1.15. The fourth-order valence-electron chi connectivity index (χ4n) is 2.29. The molecule has 0 saturated heterocycles. The van der Waals surface area contributed by atoms with Gasteiger partial charge in [-0.05, 0) is 99.7 Å². The van der Waals surface area contributed by atoms with Crippen LogP contribution in [0.3, 0.4) is 0 Å². The first-order valence-corrected chi connectivity index (χ1v) is 8.28. The van der Waals surface area contributed by atoms with Crippen molar-refractivity contribution in [3.63, 3.8) is 0 Å². The predicted octanol–water partition coefficient (Wildman–Crippen LogP) is 1.58. The molecule has 20 heavy (non-hydrogen) atoms. The number of hydrogen-bond acceptors (Lipinski definition) is 4. The van der Waals surface area contributed by atoms with Crippen LogP contribution in [0.1, 0.15) is 32.6 Å². The number of nitrogens with one attached hydrogen (secondary N) is 1. The van der Waals surface area contributed by atoms with Crippen molar-refractivity contribution in [1.82, 2.24) is 20.0 Å². The predicted molar refractivity (Wildman–Crippen MR) is 90.6 cm³/mol. The third kappa shape index (κ3) is 14.3. The highest BCUT2D eigenvalue weighted by Gasteiger charge is 2.05. The normalized spacial score (nSPS) is 12.0. The molecular formula is C16H38N4. The second-order valence-electron chi connectivity index (χ2n) is 6.26. The van der Waals surface area contributed by atoms with Gasteiger partial charge in [-0.25, -0.2) is 0 Å². The molecule has 0 aliphatic carbocycles. The SMILES string of the molecule is CCCNCCCN(CCCN(C)C)CCCN(C)C. The van der Waals surface area contributed by atoms with Gasteiger partial charge in [0, 0.05) is 0 Å². The molecule has 0 bridgehead atoms. The zero-order chi connectivity index (χ0) is 15.2.